The SMILES string of the molecule is O=C1NCCN1C1CC[N]CC1. The van der Waals surface area contributed by atoms with E-state index in [9.17, 15) is 4.79 Å². The van der Waals surface area contributed by atoms with E-state index in [1.54, 1.807) is 0 Å². The van der Waals surface area contributed by atoms with Gasteiger partial charge in [0.1, 0.15) is 0 Å². The molecule has 0 atom stereocenters. The second-order valence-electron chi connectivity index (χ2n) is 3.33. The molecule has 0 unspecified atom stereocenters. The highest BCUT2D eigenvalue weighted by Crippen LogP contribution is 2.14. The van der Waals surface area contributed by atoms with E-state index in [1.165, 1.54) is 0 Å². The highest BCUT2D eigenvalue weighted by Gasteiger charge is 2.28. The molecule has 4 nitrogen and oxygen atoms in total. The summed E-state index contributed by atoms with van der Waals surface area (Å²) in [7, 11) is 0. The maximum atomic E-state index is 11.3. The highest BCUT2D eigenvalue weighted by atomic mass is 16.2. The highest BCUT2D eigenvalue weighted by molar-refractivity contribution is 5.76. The van der Waals surface area contributed by atoms with Crippen LogP contribution in [0.4, 0.5) is 4.79 Å². The smallest absolute Gasteiger partial charge is 0.317 e. The Kier molecular flexibility index (Phi) is 2.17. The van der Waals surface area contributed by atoms with E-state index in [1.807, 2.05) is 4.90 Å². The first-order valence-corrected chi connectivity index (χ1v) is 4.55. The molecule has 4 heteroatoms. The summed E-state index contributed by atoms with van der Waals surface area (Å²) >= 11 is 0. The number of carbonyl (C=O) groups excluding carboxylic acids is 1. The van der Waals surface area contributed by atoms with Gasteiger partial charge in [0.2, 0.25) is 0 Å². The van der Waals surface area contributed by atoms with Gasteiger partial charge in [-0.3, -0.25) is 0 Å². The predicted octanol–water partition coefficient (Wildman–Crippen LogP) is -0.222. The van der Waals surface area contributed by atoms with Gasteiger partial charge in [-0.2, -0.15) is 0 Å². The van der Waals surface area contributed by atoms with Crippen molar-refractivity contribution >= 4 is 6.03 Å². The molecule has 0 aromatic carbocycles. The van der Waals surface area contributed by atoms with Gasteiger partial charge in [-0.1, -0.05) is 0 Å². The number of carbonyl (C=O) groups is 1. The van der Waals surface area contributed by atoms with Crippen molar-refractivity contribution in [2.75, 3.05) is 26.2 Å². The molecule has 12 heavy (non-hydrogen) atoms. The minimum Gasteiger partial charge on any atom is -0.336 e. The summed E-state index contributed by atoms with van der Waals surface area (Å²) in [5.74, 6) is 0. The summed E-state index contributed by atoms with van der Waals surface area (Å²) in [6.45, 7) is 3.54. The van der Waals surface area contributed by atoms with Crippen LogP contribution in [0.1, 0.15) is 12.8 Å². The lowest BCUT2D eigenvalue weighted by atomic mass is 10.1. The Bertz CT molecular complexity index is 177. The van der Waals surface area contributed by atoms with E-state index < -0.39 is 0 Å². The summed E-state index contributed by atoms with van der Waals surface area (Å²) in [6.07, 6.45) is 2.10. The van der Waals surface area contributed by atoms with Gasteiger partial charge in [0.15, 0.2) is 0 Å². The number of hydrogen-bond acceptors (Lipinski definition) is 1. The molecule has 2 aliphatic rings. The fraction of sp³-hybridized carbons (Fsp3) is 0.875. The molecule has 0 aliphatic carbocycles. The maximum Gasteiger partial charge on any atom is 0.317 e. The van der Waals surface area contributed by atoms with E-state index in [2.05, 4.69) is 10.6 Å². The number of piperidine rings is 1. The number of nitrogens with one attached hydrogen (secondary N) is 1. The molecule has 2 heterocycles. The molecule has 2 amide bonds. The van der Waals surface area contributed by atoms with Crippen molar-refractivity contribution in [3.8, 4) is 0 Å². The van der Waals surface area contributed by atoms with Crippen molar-refractivity contribution in [2.45, 2.75) is 18.9 Å². The third-order valence-corrected chi connectivity index (χ3v) is 2.57. The average Bonchev–Trinajstić information content (AvgIpc) is 2.53. The molecule has 1 radical (unpaired) electrons. The van der Waals surface area contributed by atoms with Gasteiger partial charge in [-0.25, -0.2) is 10.1 Å². The molecule has 0 aromatic rings. The zero-order chi connectivity index (χ0) is 8.39. The minimum absolute atomic E-state index is 0.113. The summed E-state index contributed by atoms with van der Waals surface area (Å²) in [5.41, 5.74) is 0. The first-order chi connectivity index (χ1) is 5.88. The maximum absolute atomic E-state index is 11.3. The summed E-state index contributed by atoms with van der Waals surface area (Å²) in [6, 6.07) is 0.562. The van der Waals surface area contributed by atoms with E-state index in [-0.39, 0.29) is 6.03 Å². The normalized spacial score (nSPS) is 26.0. The number of rotatable bonds is 1. The zero-order valence-corrected chi connectivity index (χ0v) is 7.12. The van der Waals surface area contributed by atoms with Crippen LogP contribution in [0.15, 0.2) is 0 Å². The third kappa shape index (κ3) is 1.39. The topological polar surface area (TPSA) is 46.4 Å². The number of hydrogen-bond donors (Lipinski definition) is 1. The lowest BCUT2D eigenvalue weighted by Gasteiger charge is -2.29. The van der Waals surface area contributed by atoms with Gasteiger partial charge in [-0.15, -0.1) is 0 Å². The molecule has 0 spiro atoms. The quantitative estimate of drug-likeness (QED) is 0.578. The Hall–Kier alpha value is -0.770. The summed E-state index contributed by atoms with van der Waals surface area (Å²) < 4.78 is 0. The van der Waals surface area contributed by atoms with Gasteiger partial charge in [0, 0.05) is 32.2 Å². The molecule has 67 valence electrons. The van der Waals surface area contributed by atoms with Crippen LogP contribution < -0.4 is 10.6 Å². The van der Waals surface area contributed by atoms with Crippen molar-refractivity contribution in [1.82, 2.24) is 15.5 Å². The van der Waals surface area contributed by atoms with Crippen molar-refractivity contribution in [3.63, 3.8) is 0 Å². The summed E-state index contributed by atoms with van der Waals surface area (Å²) in [4.78, 5) is 13.2. The number of urea groups is 1. The number of amides is 2. The van der Waals surface area contributed by atoms with E-state index in [4.69, 9.17) is 0 Å². The Morgan fingerprint density at radius 1 is 1.42 bits per heavy atom. The van der Waals surface area contributed by atoms with Gasteiger partial charge in [0.05, 0.1) is 0 Å². The Morgan fingerprint density at radius 2 is 2.17 bits per heavy atom. The van der Waals surface area contributed by atoms with Crippen LogP contribution in [-0.4, -0.2) is 43.2 Å². The number of nitrogens with zero attached hydrogens (tertiary/aromatic N) is 2. The lowest BCUT2D eigenvalue weighted by Crippen LogP contribution is -2.42. The van der Waals surface area contributed by atoms with Crippen LogP contribution in [-0.2, 0) is 0 Å². The van der Waals surface area contributed by atoms with Crippen LogP contribution in [0.2, 0.25) is 0 Å². The second-order valence-corrected chi connectivity index (χ2v) is 3.33. The molecular formula is C8H14N3O. The molecular weight excluding hydrogens is 154 g/mol. The van der Waals surface area contributed by atoms with Gasteiger partial charge < -0.3 is 10.2 Å². The fourth-order valence-electron chi connectivity index (χ4n) is 1.88. The second kappa shape index (κ2) is 3.31. The predicted molar refractivity (Wildman–Crippen MR) is 45.0 cm³/mol. The van der Waals surface area contributed by atoms with Gasteiger partial charge >= 0.3 is 6.03 Å². The lowest BCUT2D eigenvalue weighted by molar-refractivity contribution is 0.182. The molecule has 2 rings (SSSR count). The van der Waals surface area contributed by atoms with Crippen molar-refractivity contribution in [2.24, 2.45) is 0 Å². The molecule has 2 fully saturated rings. The standard InChI is InChI=1S/C8H14N3O/c12-8-10-5-6-11(8)7-1-3-9-4-2-7/h7H,1-6H2,(H,10,12). The van der Waals surface area contributed by atoms with Crippen molar-refractivity contribution in [3.05, 3.63) is 0 Å². The van der Waals surface area contributed by atoms with E-state index >= 15 is 0 Å². The zero-order valence-electron chi connectivity index (χ0n) is 7.12. The molecule has 0 saturated carbocycles. The van der Waals surface area contributed by atoms with Crippen LogP contribution in [0.25, 0.3) is 0 Å². The molecule has 0 aromatic heterocycles. The Labute approximate surface area is 72.3 Å². The van der Waals surface area contributed by atoms with E-state index in [0.29, 0.717) is 6.04 Å². The van der Waals surface area contributed by atoms with E-state index in [0.717, 1.165) is 39.0 Å². The van der Waals surface area contributed by atoms with Gasteiger partial charge in [-0.05, 0) is 12.8 Å². The molecule has 0 bridgehead atoms. The Morgan fingerprint density at radius 3 is 2.75 bits per heavy atom. The Balaban J connectivity index is 1.93. The fourth-order valence-corrected chi connectivity index (χ4v) is 1.88. The van der Waals surface area contributed by atoms with Gasteiger partial charge in [0.25, 0.3) is 0 Å². The van der Waals surface area contributed by atoms with Crippen LogP contribution >= 0.6 is 0 Å². The average molecular weight is 168 g/mol. The van der Waals surface area contributed by atoms with Crippen molar-refractivity contribution in [1.29, 1.82) is 0 Å². The molecule has 1 N–H and O–H groups in total. The monoisotopic (exact) mass is 168 g/mol. The van der Waals surface area contributed by atoms with Crippen LogP contribution in [0, 0.1) is 0 Å². The van der Waals surface area contributed by atoms with Crippen LogP contribution in [0.5, 0.6) is 0 Å². The summed E-state index contributed by atoms with van der Waals surface area (Å²) in [5, 5.41) is 7.09. The molecule has 2 saturated heterocycles. The minimum atomic E-state index is 0.113. The first-order valence-electron chi connectivity index (χ1n) is 4.55. The van der Waals surface area contributed by atoms with Crippen LogP contribution in [0.3, 0.4) is 0 Å². The largest absolute Gasteiger partial charge is 0.336 e. The first kappa shape index (κ1) is 7.86. The van der Waals surface area contributed by atoms with Crippen molar-refractivity contribution < 1.29 is 4.79 Å². The third-order valence-electron chi connectivity index (χ3n) is 2.57. The molecule has 2 aliphatic heterocycles.